The van der Waals surface area contributed by atoms with Gasteiger partial charge in [0.25, 0.3) is 0 Å². The predicted molar refractivity (Wildman–Crippen MR) is 200 cm³/mol. The second-order valence-corrected chi connectivity index (χ2v) is 13.4. The normalized spacial score (nSPS) is 14.1. The Bertz CT molecular complexity index is 2300. The van der Waals surface area contributed by atoms with Crippen LogP contribution >= 0.6 is 11.3 Å². The molecule has 0 spiro atoms. The number of para-hydroxylation sites is 2. The van der Waals surface area contributed by atoms with Crippen LogP contribution in [0, 0.1) is 0 Å². The molecular formula is C42H34N4S. The standard InChI is InChI=1S/C42H34N4S/c1-5-14-30(15-6-2)46-38-26-35-39(27-34(38)43-40(46)28-16-8-7-9-17-28)47-41(44-35)29-22-24-31(25-23-29)45-36-20-12-10-18-32(36)42(3,4)33-19-11-13-21-37(33)45/h5-27H,1H2,2-4H3/b15-6-,30-14+. The molecule has 3 heterocycles. The van der Waals surface area contributed by atoms with Gasteiger partial charge >= 0.3 is 0 Å². The van der Waals surface area contributed by atoms with Gasteiger partial charge in [-0.2, -0.15) is 0 Å². The largest absolute Gasteiger partial charge is 0.310 e. The molecule has 0 amide bonds. The Morgan fingerprint density at radius 2 is 1.40 bits per heavy atom. The molecule has 8 rings (SSSR count). The van der Waals surface area contributed by atoms with E-state index >= 15 is 0 Å². The van der Waals surface area contributed by atoms with Crippen LogP contribution in [-0.2, 0) is 5.41 Å². The van der Waals surface area contributed by atoms with Gasteiger partial charge in [-0.25, -0.2) is 9.97 Å². The fraction of sp³-hybridized carbons (Fsp3) is 0.0952. The van der Waals surface area contributed by atoms with Crippen molar-refractivity contribution in [3.05, 3.63) is 157 Å². The van der Waals surface area contributed by atoms with E-state index in [1.807, 2.05) is 43.4 Å². The van der Waals surface area contributed by atoms with Gasteiger partial charge in [0.15, 0.2) is 0 Å². The first-order valence-corrected chi connectivity index (χ1v) is 16.7. The number of imidazole rings is 1. The molecule has 228 valence electrons. The monoisotopic (exact) mass is 626 g/mol. The molecule has 1 aliphatic rings. The van der Waals surface area contributed by atoms with Crippen LogP contribution in [0.15, 0.2) is 146 Å². The molecule has 0 saturated heterocycles. The van der Waals surface area contributed by atoms with Gasteiger partial charge in [0.2, 0.25) is 0 Å². The van der Waals surface area contributed by atoms with Crippen LogP contribution in [-0.4, -0.2) is 14.5 Å². The average molecular weight is 627 g/mol. The lowest BCUT2D eigenvalue weighted by molar-refractivity contribution is 0.632. The highest BCUT2D eigenvalue weighted by Gasteiger charge is 2.36. The van der Waals surface area contributed by atoms with Gasteiger partial charge in [-0.3, -0.25) is 4.57 Å². The average Bonchev–Trinajstić information content (AvgIpc) is 3.69. The smallest absolute Gasteiger partial charge is 0.145 e. The lowest BCUT2D eigenvalue weighted by Gasteiger charge is -2.42. The van der Waals surface area contributed by atoms with E-state index in [0.717, 1.165) is 54.6 Å². The van der Waals surface area contributed by atoms with Crippen molar-refractivity contribution >= 4 is 55.3 Å². The minimum Gasteiger partial charge on any atom is -0.310 e. The van der Waals surface area contributed by atoms with Gasteiger partial charge < -0.3 is 4.90 Å². The quantitative estimate of drug-likeness (QED) is 0.172. The SMILES string of the molecule is C=C/C=C(\C=C/C)n1c(-c2ccccc2)nc2cc3sc(-c4ccc(N5c6ccccc6C(C)(C)c6ccccc65)cc4)nc3cc21. The summed E-state index contributed by atoms with van der Waals surface area (Å²) >= 11 is 1.70. The minimum atomic E-state index is -0.0819. The summed E-state index contributed by atoms with van der Waals surface area (Å²) in [5.41, 5.74) is 12.2. The number of allylic oxidation sites excluding steroid dienone is 5. The summed E-state index contributed by atoms with van der Waals surface area (Å²) in [6, 6.07) is 41.0. The number of anilines is 3. The number of hydrogen-bond acceptors (Lipinski definition) is 4. The van der Waals surface area contributed by atoms with Crippen LogP contribution in [0.3, 0.4) is 0 Å². The number of benzene rings is 5. The summed E-state index contributed by atoms with van der Waals surface area (Å²) < 4.78 is 3.32. The molecule has 0 atom stereocenters. The molecular weight excluding hydrogens is 593 g/mol. The van der Waals surface area contributed by atoms with Crippen molar-refractivity contribution < 1.29 is 0 Å². The van der Waals surface area contributed by atoms with E-state index in [-0.39, 0.29) is 5.41 Å². The second kappa shape index (κ2) is 11.4. The molecule has 0 unspecified atom stereocenters. The third-order valence-electron chi connectivity index (χ3n) is 9.09. The zero-order chi connectivity index (χ0) is 32.1. The Morgan fingerprint density at radius 3 is 2.06 bits per heavy atom. The lowest BCUT2D eigenvalue weighted by atomic mass is 9.73. The molecule has 0 radical (unpaired) electrons. The summed E-state index contributed by atoms with van der Waals surface area (Å²) in [5.74, 6) is 0.893. The summed E-state index contributed by atoms with van der Waals surface area (Å²) in [4.78, 5) is 12.7. The van der Waals surface area contributed by atoms with Crippen molar-refractivity contribution in [2.24, 2.45) is 0 Å². The number of nitrogens with zero attached hydrogens (tertiary/aromatic N) is 4. The molecule has 5 aromatic carbocycles. The molecule has 0 saturated carbocycles. The Kier molecular flexibility index (Phi) is 7.00. The van der Waals surface area contributed by atoms with Gasteiger partial charge in [-0.05, 0) is 78.7 Å². The minimum absolute atomic E-state index is 0.0819. The number of hydrogen-bond donors (Lipinski definition) is 0. The van der Waals surface area contributed by atoms with Crippen molar-refractivity contribution in [1.82, 2.24) is 14.5 Å². The zero-order valence-electron chi connectivity index (χ0n) is 26.7. The molecule has 47 heavy (non-hydrogen) atoms. The topological polar surface area (TPSA) is 34.0 Å². The number of fused-ring (bicyclic) bond motifs is 4. The first-order valence-electron chi connectivity index (χ1n) is 15.9. The van der Waals surface area contributed by atoms with Crippen LogP contribution in [0.2, 0.25) is 0 Å². The molecule has 0 aliphatic carbocycles. The fourth-order valence-corrected chi connectivity index (χ4v) is 7.85. The molecule has 0 bridgehead atoms. The second-order valence-electron chi connectivity index (χ2n) is 12.3. The van der Waals surface area contributed by atoms with Crippen LogP contribution < -0.4 is 4.90 Å². The predicted octanol–water partition coefficient (Wildman–Crippen LogP) is 11.7. The molecule has 7 aromatic rings. The Labute approximate surface area is 279 Å². The van der Waals surface area contributed by atoms with Crippen LogP contribution in [0.25, 0.3) is 48.9 Å². The third kappa shape index (κ3) is 4.74. The molecule has 1 aliphatic heterocycles. The van der Waals surface area contributed by atoms with Crippen molar-refractivity contribution in [2.75, 3.05) is 4.90 Å². The van der Waals surface area contributed by atoms with E-state index in [1.54, 1.807) is 11.3 Å². The van der Waals surface area contributed by atoms with E-state index in [9.17, 15) is 0 Å². The summed E-state index contributed by atoms with van der Waals surface area (Å²) in [6.45, 7) is 10.6. The highest BCUT2D eigenvalue weighted by molar-refractivity contribution is 7.21. The van der Waals surface area contributed by atoms with E-state index in [2.05, 4.69) is 133 Å². The first kappa shape index (κ1) is 28.9. The molecule has 0 N–H and O–H groups in total. The van der Waals surface area contributed by atoms with E-state index in [4.69, 9.17) is 9.97 Å². The Hall–Kier alpha value is -5.52. The molecule has 0 fully saturated rings. The third-order valence-corrected chi connectivity index (χ3v) is 10.2. The van der Waals surface area contributed by atoms with Gasteiger partial charge in [-0.15, -0.1) is 11.3 Å². The number of thiazole rings is 1. The molecule has 5 heteroatoms. The fourth-order valence-electron chi connectivity index (χ4n) is 6.86. The Morgan fingerprint density at radius 1 is 0.745 bits per heavy atom. The Balaban J connectivity index is 1.21. The van der Waals surface area contributed by atoms with Crippen LogP contribution in [0.1, 0.15) is 31.9 Å². The van der Waals surface area contributed by atoms with Crippen molar-refractivity contribution in [3.63, 3.8) is 0 Å². The maximum absolute atomic E-state index is 5.15. The molecule has 2 aromatic heterocycles. The van der Waals surface area contributed by atoms with E-state index in [1.165, 1.54) is 22.5 Å². The lowest BCUT2D eigenvalue weighted by Crippen LogP contribution is -2.30. The van der Waals surface area contributed by atoms with Crippen molar-refractivity contribution in [3.8, 4) is 22.0 Å². The number of aromatic nitrogens is 3. The van der Waals surface area contributed by atoms with Crippen molar-refractivity contribution in [1.29, 1.82) is 0 Å². The van der Waals surface area contributed by atoms with E-state index < -0.39 is 0 Å². The van der Waals surface area contributed by atoms with Crippen molar-refractivity contribution in [2.45, 2.75) is 26.2 Å². The number of rotatable bonds is 6. The van der Waals surface area contributed by atoms with Gasteiger partial charge in [-0.1, -0.05) is 99.3 Å². The highest BCUT2D eigenvalue weighted by Crippen LogP contribution is 2.51. The highest BCUT2D eigenvalue weighted by atomic mass is 32.1. The first-order chi connectivity index (χ1) is 23.0. The van der Waals surface area contributed by atoms with Crippen LogP contribution in [0.4, 0.5) is 17.1 Å². The summed E-state index contributed by atoms with van der Waals surface area (Å²) in [5, 5.41) is 0.991. The zero-order valence-corrected chi connectivity index (χ0v) is 27.5. The van der Waals surface area contributed by atoms with Gasteiger partial charge in [0.05, 0.1) is 32.6 Å². The summed E-state index contributed by atoms with van der Waals surface area (Å²) in [6.07, 6.45) is 7.97. The van der Waals surface area contributed by atoms with Crippen LogP contribution in [0.5, 0.6) is 0 Å². The molecule has 4 nitrogen and oxygen atoms in total. The van der Waals surface area contributed by atoms with Gasteiger partial charge in [0, 0.05) is 27.9 Å². The summed E-state index contributed by atoms with van der Waals surface area (Å²) in [7, 11) is 0. The van der Waals surface area contributed by atoms with Gasteiger partial charge in [0.1, 0.15) is 10.8 Å². The van der Waals surface area contributed by atoms with E-state index in [0.29, 0.717) is 0 Å². The maximum Gasteiger partial charge on any atom is 0.145 e. The maximum atomic E-state index is 5.15.